The largest absolute Gasteiger partial charge is 0.505 e. The fraction of sp³-hybridized carbons (Fsp3) is 0.238. The van der Waals surface area contributed by atoms with E-state index in [1.807, 2.05) is 31.2 Å². The van der Waals surface area contributed by atoms with Gasteiger partial charge in [0.2, 0.25) is 5.91 Å². The van der Waals surface area contributed by atoms with Crippen LogP contribution in [0, 0.1) is 0 Å². The van der Waals surface area contributed by atoms with Crippen molar-refractivity contribution in [1.82, 2.24) is 10.3 Å². The summed E-state index contributed by atoms with van der Waals surface area (Å²) in [5, 5.41) is 15.0. The van der Waals surface area contributed by atoms with Gasteiger partial charge in [-0.3, -0.25) is 9.78 Å². The molecule has 4 N–H and O–H groups in total. The second kappa shape index (κ2) is 8.37. The van der Waals surface area contributed by atoms with Crippen molar-refractivity contribution in [2.24, 2.45) is 5.73 Å². The molecule has 140 valence electrons. The van der Waals surface area contributed by atoms with Crippen molar-refractivity contribution in [2.45, 2.75) is 32.4 Å². The Bertz CT molecular complexity index is 958. The fourth-order valence-corrected chi connectivity index (χ4v) is 3.34. The summed E-state index contributed by atoms with van der Waals surface area (Å²) < 4.78 is 0. The van der Waals surface area contributed by atoms with Crippen molar-refractivity contribution in [1.29, 1.82) is 0 Å². The first-order chi connectivity index (χ1) is 13.0. The Hall–Kier alpha value is -2.63. The highest BCUT2D eigenvalue weighted by atomic mass is 35.5. The lowest BCUT2D eigenvalue weighted by Gasteiger charge is -2.22. The molecule has 0 saturated heterocycles. The first-order valence-electron chi connectivity index (χ1n) is 8.89. The zero-order valence-corrected chi connectivity index (χ0v) is 15.8. The second-order valence-electron chi connectivity index (χ2n) is 6.39. The van der Waals surface area contributed by atoms with Crippen LogP contribution < -0.4 is 11.1 Å². The van der Waals surface area contributed by atoms with Gasteiger partial charge in [-0.05, 0) is 35.7 Å². The Balaban J connectivity index is 2.13. The SMILES string of the molecule is CCCC(=O)NC(c1ccc(CN)cc1)c1cc(Cl)c2cccnc2c1O. The molecule has 0 spiro atoms. The van der Waals surface area contributed by atoms with E-state index in [9.17, 15) is 9.90 Å². The summed E-state index contributed by atoms with van der Waals surface area (Å²) >= 11 is 6.43. The van der Waals surface area contributed by atoms with Gasteiger partial charge < -0.3 is 16.2 Å². The van der Waals surface area contributed by atoms with E-state index in [4.69, 9.17) is 17.3 Å². The third kappa shape index (κ3) is 4.04. The number of rotatable bonds is 6. The molecular weight excluding hydrogens is 362 g/mol. The summed E-state index contributed by atoms with van der Waals surface area (Å²) in [4.78, 5) is 16.6. The molecule has 1 atom stereocenters. The zero-order chi connectivity index (χ0) is 19.4. The number of nitrogens with one attached hydrogen (secondary N) is 1. The van der Waals surface area contributed by atoms with Gasteiger partial charge in [-0.15, -0.1) is 0 Å². The van der Waals surface area contributed by atoms with Crippen molar-refractivity contribution in [3.05, 3.63) is 70.4 Å². The summed E-state index contributed by atoms with van der Waals surface area (Å²) in [6.45, 7) is 2.38. The standard InChI is InChI=1S/C21H22ClN3O2/c1-2-4-18(26)25-19(14-8-6-13(12-23)7-9-14)16-11-17(22)15-5-3-10-24-20(15)21(16)27/h3,5-11,19,27H,2,4,12,23H2,1H3,(H,25,26). The van der Waals surface area contributed by atoms with E-state index in [-0.39, 0.29) is 11.7 Å². The van der Waals surface area contributed by atoms with Crippen LogP contribution in [-0.4, -0.2) is 16.0 Å². The number of nitrogens with zero attached hydrogens (tertiary/aromatic N) is 1. The number of aromatic nitrogens is 1. The number of phenolic OH excluding ortho intramolecular Hbond substituents is 1. The number of hydrogen-bond donors (Lipinski definition) is 3. The van der Waals surface area contributed by atoms with Gasteiger partial charge in [0, 0.05) is 30.1 Å². The summed E-state index contributed by atoms with van der Waals surface area (Å²) in [7, 11) is 0. The van der Waals surface area contributed by atoms with Gasteiger partial charge in [0.15, 0.2) is 0 Å². The quantitative estimate of drug-likeness (QED) is 0.599. The maximum atomic E-state index is 12.3. The number of carbonyl (C=O) groups excluding carboxylic acids is 1. The van der Waals surface area contributed by atoms with Gasteiger partial charge in [0.25, 0.3) is 0 Å². The van der Waals surface area contributed by atoms with Crippen LogP contribution in [0.4, 0.5) is 0 Å². The van der Waals surface area contributed by atoms with E-state index < -0.39 is 6.04 Å². The van der Waals surface area contributed by atoms with E-state index in [0.29, 0.717) is 34.5 Å². The van der Waals surface area contributed by atoms with E-state index >= 15 is 0 Å². The lowest BCUT2D eigenvalue weighted by Crippen LogP contribution is -2.29. The van der Waals surface area contributed by atoms with Gasteiger partial charge in [0.1, 0.15) is 11.3 Å². The normalized spacial score (nSPS) is 12.1. The van der Waals surface area contributed by atoms with Gasteiger partial charge in [-0.25, -0.2) is 0 Å². The lowest BCUT2D eigenvalue weighted by atomic mass is 9.95. The van der Waals surface area contributed by atoms with Crippen LogP contribution in [0.3, 0.4) is 0 Å². The maximum Gasteiger partial charge on any atom is 0.220 e. The monoisotopic (exact) mass is 383 g/mol. The Morgan fingerprint density at radius 1 is 1.30 bits per heavy atom. The molecule has 0 aliphatic rings. The summed E-state index contributed by atoms with van der Waals surface area (Å²) in [5.41, 5.74) is 8.42. The molecule has 3 aromatic rings. The van der Waals surface area contributed by atoms with Crippen LogP contribution in [0.1, 0.15) is 42.5 Å². The topological polar surface area (TPSA) is 88.2 Å². The molecule has 5 nitrogen and oxygen atoms in total. The molecule has 3 rings (SSSR count). The molecule has 1 aromatic heterocycles. The molecule has 2 aromatic carbocycles. The number of hydrogen-bond acceptors (Lipinski definition) is 4. The number of benzene rings is 2. The molecule has 6 heteroatoms. The minimum Gasteiger partial charge on any atom is -0.505 e. The number of nitrogens with two attached hydrogens (primary N) is 1. The number of fused-ring (bicyclic) bond motifs is 1. The Morgan fingerprint density at radius 3 is 2.70 bits per heavy atom. The van der Waals surface area contributed by atoms with E-state index in [1.54, 1.807) is 24.4 Å². The van der Waals surface area contributed by atoms with E-state index in [1.165, 1.54) is 0 Å². The minimum atomic E-state index is -0.542. The molecule has 27 heavy (non-hydrogen) atoms. The van der Waals surface area contributed by atoms with Crippen molar-refractivity contribution >= 4 is 28.4 Å². The Labute approximate surface area is 163 Å². The predicted octanol–water partition coefficient (Wildman–Crippen LogP) is 4.06. The summed E-state index contributed by atoms with van der Waals surface area (Å²) in [5.74, 6) is -0.0817. The molecule has 0 radical (unpaired) electrons. The predicted molar refractivity (Wildman–Crippen MR) is 108 cm³/mol. The van der Waals surface area contributed by atoms with Gasteiger partial charge in [-0.2, -0.15) is 0 Å². The highest BCUT2D eigenvalue weighted by Crippen LogP contribution is 2.38. The van der Waals surface area contributed by atoms with Crippen LogP contribution in [-0.2, 0) is 11.3 Å². The third-order valence-corrected chi connectivity index (χ3v) is 4.80. The van der Waals surface area contributed by atoms with Gasteiger partial charge >= 0.3 is 0 Å². The maximum absolute atomic E-state index is 12.3. The molecule has 1 amide bonds. The molecule has 1 heterocycles. The smallest absolute Gasteiger partial charge is 0.220 e. The molecular formula is C21H22ClN3O2. The second-order valence-corrected chi connectivity index (χ2v) is 6.80. The minimum absolute atomic E-state index is 0.0136. The van der Waals surface area contributed by atoms with Gasteiger partial charge in [0.05, 0.1) is 11.1 Å². The van der Waals surface area contributed by atoms with E-state index in [0.717, 1.165) is 17.5 Å². The molecule has 1 unspecified atom stereocenters. The number of aromatic hydroxyl groups is 1. The van der Waals surface area contributed by atoms with Crippen LogP contribution in [0.25, 0.3) is 10.9 Å². The molecule has 0 aliphatic heterocycles. The average molecular weight is 384 g/mol. The number of amides is 1. The first-order valence-corrected chi connectivity index (χ1v) is 9.27. The Kier molecular flexibility index (Phi) is 5.94. The van der Waals surface area contributed by atoms with Crippen molar-refractivity contribution < 1.29 is 9.90 Å². The van der Waals surface area contributed by atoms with Gasteiger partial charge in [-0.1, -0.05) is 42.8 Å². The fourth-order valence-electron chi connectivity index (χ4n) is 3.07. The number of phenols is 1. The molecule has 0 bridgehead atoms. The zero-order valence-electron chi connectivity index (χ0n) is 15.1. The number of carbonyl (C=O) groups is 1. The average Bonchev–Trinajstić information content (AvgIpc) is 2.69. The molecule has 0 fully saturated rings. The van der Waals surface area contributed by atoms with Crippen LogP contribution >= 0.6 is 11.6 Å². The summed E-state index contributed by atoms with van der Waals surface area (Å²) in [6.07, 6.45) is 2.73. The van der Waals surface area contributed by atoms with Crippen molar-refractivity contribution in [3.8, 4) is 5.75 Å². The third-order valence-electron chi connectivity index (χ3n) is 4.49. The highest BCUT2D eigenvalue weighted by molar-refractivity contribution is 6.35. The van der Waals surface area contributed by atoms with Crippen LogP contribution in [0.5, 0.6) is 5.75 Å². The molecule has 0 aliphatic carbocycles. The van der Waals surface area contributed by atoms with E-state index in [2.05, 4.69) is 10.3 Å². The van der Waals surface area contributed by atoms with Crippen molar-refractivity contribution in [2.75, 3.05) is 0 Å². The highest BCUT2D eigenvalue weighted by Gasteiger charge is 2.23. The Morgan fingerprint density at radius 2 is 2.04 bits per heavy atom. The molecule has 0 saturated carbocycles. The summed E-state index contributed by atoms with van der Waals surface area (Å²) in [6, 6.07) is 12.3. The first kappa shape index (κ1) is 19.1. The van der Waals surface area contributed by atoms with Crippen LogP contribution in [0.15, 0.2) is 48.7 Å². The number of halogens is 1. The van der Waals surface area contributed by atoms with Crippen LogP contribution in [0.2, 0.25) is 5.02 Å². The van der Waals surface area contributed by atoms with Crippen molar-refractivity contribution in [3.63, 3.8) is 0 Å². The lowest BCUT2D eigenvalue weighted by molar-refractivity contribution is -0.121. The number of pyridine rings is 1.